The number of halogens is 1. The van der Waals surface area contributed by atoms with Gasteiger partial charge in [-0.1, -0.05) is 24.4 Å². The second-order valence-electron chi connectivity index (χ2n) is 6.46. The smallest absolute Gasteiger partial charge is 0.235 e. The maximum absolute atomic E-state index is 10.9. The van der Waals surface area contributed by atoms with E-state index in [9.17, 15) is 4.79 Å². The molecule has 4 nitrogen and oxygen atoms in total. The van der Waals surface area contributed by atoms with Crippen LogP contribution >= 0.6 is 11.6 Å². The molecule has 2 aliphatic carbocycles. The normalized spacial score (nSPS) is 20.3. The van der Waals surface area contributed by atoms with Crippen LogP contribution in [0.5, 0.6) is 11.5 Å². The SMILES string of the molecule is COc1c(Cl)cc(C2(N=C=O)CCCC2)cc1OC1CCCC1. The minimum atomic E-state index is -0.508. The van der Waals surface area contributed by atoms with Gasteiger partial charge in [-0.2, -0.15) is 4.99 Å². The van der Waals surface area contributed by atoms with Crippen LogP contribution in [0.15, 0.2) is 17.1 Å². The zero-order chi connectivity index (χ0) is 16.3. The zero-order valence-corrected chi connectivity index (χ0v) is 14.2. The van der Waals surface area contributed by atoms with E-state index in [0.29, 0.717) is 16.5 Å². The van der Waals surface area contributed by atoms with Crippen LogP contribution in [0.2, 0.25) is 5.02 Å². The van der Waals surface area contributed by atoms with Crippen molar-refractivity contribution in [3.63, 3.8) is 0 Å². The number of benzene rings is 1. The Kier molecular flexibility index (Phi) is 4.93. The number of aliphatic imine (C=N–C) groups is 1. The maximum Gasteiger partial charge on any atom is 0.235 e. The van der Waals surface area contributed by atoms with Crippen molar-refractivity contribution in [3.05, 3.63) is 22.7 Å². The summed E-state index contributed by atoms with van der Waals surface area (Å²) in [4.78, 5) is 15.1. The monoisotopic (exact) mass is 335 g/mol. The van der Waals surface area contributed by atoms with Crippen molar-refractivity contribution >= 4 is 17.7 Å². The summed E-state index contributed by atoms with van der Waals surface area (Å²) in [5, 5.41) is 0.505. The minimum Gasteiger partial charge on any atom is -0.491 e. The first kappa shape index (κ1) is 16.4. The lowest BCUT2D eigenvalue weighted by molar-refractivity contribution is 0.200. The molecule has 0 aliphatic heterocycles. The molecule has 0 heterocycles. The maximum atomic E-state index is 10.9. The van der Waals surface area contributed by atoms with Crippen molar-refractivity contribution in [3.8, 4) is 11.5 Å². The summed E-state index contributed by atoms with van der Waals surface area (Å²) in [5.41, 5.74) is 0.419. The number of hydrogen-bond acceptors (Lipinski definition) is 4. The lowest BCUT2D eigenvalue weighted by atomic mass is 9.88. The highest BCUT2D eigenvalue weighted by atomic mass is 35.5. The van der Waals surface area contributed by atoms with Crippen molar-refractivity contribution in [1.29, 1.82) is 0 Å². The van der Waals surface area contributed by atoms with Crippen LogP contribution in [-0.4, -0.2) is 19.3 Å². The molecule has 0 aromatic heterocycles. The van der Waals surface area contributed by atoms with Crippen LogP contribution in [0.25, 0.3) is 0 Å². The molecule has 2 fully saturated rings. The molecule has 0 radical (unpaired) electrons. The van der Waals surface area contributed by atoms with Gasteiger partial charge >= 0.3 is 0 Å². The minimum absolute atomic E-state index is 0.212. The average molecular weight is 336 g/mol. The predicted octanol–water partition coefficient (Wildman–Crippen LogP) is 4.78. The van der Waals surface area contributed by atoms with Crippen molar-refractivity contribution in [2.24, 2.45) is 4.99 Å². The van der Waals surface area contributed by atoms with E-state index in [1.807, 2.05) is 12.1 Å². The summed E-state index contributed by atoms with van der Waals surface area (Å²) >= 11 is 6.42. The molecular weight excluding hydrogens is 314 g/mol. The molecule has 0 atom stereocenters. The Hall–Kier alpha value is -1.51. The topological polar surface area (TPSA) is 47.9 Å². The molecule has 0 amide bonds. The molecule has 124 valence electrons. The summed E-state index contributed by atoms with van der Waals surface area (Å²) in [5.74, 6) is 1.22. The summed E-state index contributed by atoms with van der Waals surface area (Å²) in [6, 6.07) is 3.81. The summed E-state index contributed by atoms with van der Waals surface area (Å²) < 4.78 is 11.6. The van der Waals surface area contributed by atoms with E-state index >= 15 is 0 Å². The molecule has 3 rings (SSSR count). The lowest BCUT2D eigenvalue weighted by Gasteiger charge is -2.25. The van der Waals surface area contributed by atoms with E-state index in [-0.39, 0.29) is 6.10 Å². The van der Waals surface area contributed by atoms with Crippen molar-refractivity contribution in [2.45, 2.75) is 63.0 Å². The van der Waals surface area contributed by atoms with E-state index in [4.69, 9.17) is 21.1 Å². The van der Waals surface area contributed by atoms with Gasteiger partial charge < -0.3 is 9.47 Å². The number of nitrogens with zero attached hydrogens (tertiary/aromatic N) is 1. The third-order valence-electron chi connectivity index (χ3n) is 5.04. The summed E-state index contributed by atoms with van der Waals surface area (Å²) in [6.45, 7) is 0. The van der Waals surface area contributed by atoms with Crippen molar-refractivity contribution in [1.82, 2.24) is 0 Å². The molecule has 2 saturated carbocycles. The number of hydrogen-bond donors (Lipinski definition) is 0. The van der Waals surface area contributed by atoms with Gasteiger partial charge in [0.2, 0.25) is 6.08 Å². The highest BCUT2D eigenvalue weighted by Gasteiger charge is 2.37. The van der Waals surface area contributed by atoms with Crippen molar-refractivity contribution in [2.75, 3.05) is 7.11 Å². The van der Waals surface area contributed by atoms with E-state index < -0.39 is 5.54 Å². The first-order chi connectivity index (χ1) is 11.2. The van der Waals surface area contributed by atoms with Gasteiger partial charge in [-0.15, -0.1) is 0 Å². The van der Waals surface area contributed by atoms with E-state index in [1.165, 1.54) is 12.8 Å². The lowest BCUT2D eigenvalue weighted by Crippen LogP contribution is -2.20. The number of methoxy groups -OCH3 is 1. The number of isocyanates is 1. The van der Waals surface area contributed by atoms with Crippen LogP contribution in [0.3, 0.4) is 0 Å². The van der Waals surface area contributed by atoms with Gasteiger partial charge in [0.15, 0.2) is 11.5 Å². The molecule has 2 aliphatic rings. The molecular formula is C18H22ClNO3. The average Bonchev–Trinajstić information content (AvgIpc) is 3.20. The number of carbonyl (C=O) groups excluding carboxylic acids is 1. The van der Waals surface area contributed by atoms with Crippen molar-refractivity contribution < 1.29 is 14.3 Å². The molecule has 0 N–H and O–H groups in total. The van der Waals surface area contributed by atoms with Crippen LogP contribution in [0.1, 0.15) is 56.9 Å². The second kappa shape index (κ2) is 6.94. The fourth-order valence-electron chi connectivity index (χ4n) is 3.82. The van der Waals surface area contributed by atoms with Crippen LogP contribution in [-0.2, 0) is 10.3 Å². The number of ether oxygens (including phenoxy) is 2. The Balaban J connectivity index is 2.00. The third kappa shape index (κ3) is 3.24. The Morgan fingerprint density at radius 2 is 1.91 bits per heavy atom. The fourth-order valence-corrected chi connectivity index (χ4v) is 4.11. The van der Waals surface area contributed by atoms with Crippen LogP contribution in [0.4, 0.5) is 0 Å². The summed E-state index contributed by atoms with van der Waals surface area (Å²) in [7, 11) is 1.59. The molecule has 1 aromatic rings. The third-order valence-corrected chi connectivity index (χ3v) is 5.32. The largest absolute Gasteiger partial charge is 0.491 e. The molecule has 5 heteroatoms. The van der Waals surface area contributed by atoms with E-state index in [2.05, 4.69) is 4.99 Å². The van der Waals surface area contributed by atoms with Crippen LogP contribution < -0.4 is 9.47 Å². The van der Waals surface area contributed by atoms with Gasteiger partial charge in [-0.05, 0) is 56.2 Å². The molecule has 23 heavy (non-hydrogen) atoms. The Morgan fingerprint density at radius 1 is 1.22 bits per heavy atom. The fraction of sp³-hybridized carbons (Fsp3) is 0.611. The molecule has 0 bridgehead atoms. The van der Waals surface area contributed by atoms with Gasteiger partial charge in [0.25, 0.3) is 0 Å². The first-order valence-electron chi connectivity index (χ1n) is 8.32. The molecule has 0 unspecified atom stereocenters. The molecule has 0 saturated heterocycles. The molecule has 0 spiro atoms. The van der Waals surface area contributed by atoms with Gasteiger partial charge in [-0.25, -0.2) is 4.79 Å². The highest BCUT2D eigenvalue weighted by Crippen LogP contribution is 2.47. The Bertz CT molecular complexity index is 613. The highest BCUT2D eigenvalue weighted by molar-refractivity contribution is 6.32. The van der Waals surface area contributed by atoms with Gasteiger partial charge in [0.05, 0.1) is 23.8 Å². The van der Waals surface area contributed by atoms with E-state index in [1.54, 1.807) is 13.2 Å². The zero-order valence-electron chi connectivity index (χ0n) is 13.4. The van der Waals surface area contributed by atoms with E-state index in [0.717, 1.165) is 44.1 Å². The van der Waals surface area contributed by atoms with Gasteiger partial charge in [0.1, 0.15) is 0 Å². The Labute approximate surface area is 141 Å². The standard InChI is InChI=1S/C18H22ClNO3/c1-22-17-15(19)10-13(18(20-12-21)8-4-5-9-18)11-16(17)23-14-6-2-3-7-14/h10-11,14H,2-9H2,1H3. The second-order valence-corrected chi connectivity index (χ2v) is 6.86. The van der Waals surface area contributed by atoms with Gasteiger partial charge in [0, 0.05) is 0 Å². The number of rotatable bonds is 5. The quantitative estimate of drug-likeness (QED) is 0.575. The summed E-state index contributed by atoms with van der Waals surface area (Å²) in [6.07, 6.45) is 10.2. The van der Waals surface area contributed by atoms with Gasteiger partial charge in [-0.3, -0.25) is 0 Å². The molecule has 1 aromatic carbocycles. The van der Waals surface area contributed by atoms with Crippen LogP contribution in [0, 0.1) is 0 Å². The predicted molar refractivity (Wildman–Crippen MR) is 89.2 cm³/mol. The Morgan fingerprint density at radius 3 is 2.52 bits per heavy atom. The first-order valence-corrected chi connectivity index (χ1v) is 8.70.